The minimum Gasteiger partial charge on any atom is -0.352 e. The molecule has 1 aromatic rings. The highest BCUT2D eigenvalue weighted by molar-refractivity contribution is 5.76. The average molecular weight is 265 g/mol. The van der Waals surface area contributed by atoms with Crippen molar-refractivity contribution in [2.45, 2.75) is 64.6 Å². The summed E-state index contributed by atoms with van der Waals surface area (Å²) in [6.45, 7) is 2.86. The fraction of sp³-hybridized carbons (Fsp3) is 0.714. The monoisotopic (exact) mass is 265 g/mol. The molecule has 1 saturated carbocycles. The van der Waals surface area contributed by atoms with Crippen LogP contribution >= 0.6 is 0 Å². The Hall–Kier alpha value is -1.52. The van der Waals surface area contributed by atoms with Crippen LogP contribution < -0.4 is 11.0 Å². The van der Waals surface area contributed by atoms with Gasteiger partial charge in [0.05, 0.1) is 0 Å². The summed E-state index contributed by atoms with van der Waals surface area (Å²) in [5.41, 5.74) is -0.0966. The van der Waals surface area contributed by atoms with Crippen molar-refractivity contribution >= 4 is 5.91 Å². The van der Waals surface area contributed by atoms with E-state index in [9.17, 15) is 9.59 Å². The van der Waals surface area contributed by atoms with E-state index in [0.717, 1.165) is 19.3 Å². The van der Waals surface area contributed by atoms with E-state index in [1.165, 1.54) is 23.8 Å². The molecule has 1 amide bonds. The Morgan fingerprint density at radius 3 is 2.63 bits per heavy atom. The van der Waals surface area contributed by atoms with Gasteiger partial charge in [-0.15, -0.1) is 0 Å². The molecule has 1 aliphatic carbocycles. The zero-order valence-electron chi connectivity index (χ0n) is 11.6. The zero-order chi connectivity index (χ0) is 13.7. The summed E-state index contributed by atoms with van der Waals surface area (Å²) in [6, 6.07) is 0.301. The second kappa shape index (κ2) is 6.59. The molecule has 0 bridgehead atoms. The number of amides is 1. The van der Waals surface area contributed by atoms with Gasteiger partial charge < -0.3 is 5.32 Å². The molecule has 5 heteroatoms. The first-order valence-corrected chi connectivity index (χ1v) is 7.25. The van der Waals surface area contributed by atoms with Crippen molar-refractivity contribution in [3.05, 3.63) is 22.9 Å². The number of nitrogens with zero attached hydrogens (tertiary/aromatic N) is 2. The maximum Gasteiger partial charge on any atom is 0.328 e. The van der Waals surface area contributed by atoms with Gasteiger partial charge >= 0.3 is 5.69 Å². The molecule has 0 spiro atoms. The van der Waals surface area contributed by atoms with E-state index in [0.29, 0.717) is 12.6 Å². The number of nitrogens with one attached hydrogen (secondary N) is 1. The summed E-state index contributed by atoms with van der Waals surface area (Å²) in [5.74, 6) is -0.0525. The fourth-order valence-electron chi connectivity index (χ4n) is 2.66. The first-order valence-electron chi connectivity index (χ1n) is 7.25. The summed E-state index contributed by atoms with van der Waals surface area (Å²) < 4.78 is 3.13. The number of aromatic nitrogens is 2. The van der Waals surface area contributed by atoms with Gasteiger partial charge in [-0.05, 0) is 19.3 Å². The van der Waals surface area contributed by atoms with Crippen LogP contribution in [0.5, 0.6) is 0 Å². The molecule has 19 heavy (non-hydrogen) atoms. The lowest BCUT2D eigenvalue weighted by Crippen LogP contribution is -2.39. The normalized spacial score (nSPS) is 16.5. The van der Waals surface area contributed by atoms with Crippen molar-refractivity contribution in [2.24, 2.45) is 0 Å². The van der Waals surface area contributed by atoms with Crippen molar-refractivity contribution in [3.63, 3.8) is 0 Å². The SMILES string of the molecule is CCCn1ccn(CC(=O)NC2CCCCC2)c1=O. The molecule has 0 aromatic carbocycles. The lowest BCUT2D eigenvalue weighted by molar-refractivity contribution is -0.122. The third kappa shape index (κ3) is 3.72. The average Bonchev–Trinajstić information content (AvgIpc) is 2.73. The Balaban J connectivity index is 1.89. The molecule has 1 aliphatic rings. The molecule has 1 aromatic heterocycles. The van der Waals surface area contributed by atoms with Crippen LogP contribution in [0.1, 0.15) is 45.4 Å². The summed E-state index contributed by atoms with van der Waals surface area (Å²) >= 11 is 0. The summed E-state index contributed by atoms with van der Waals surface area (Å²) in [6.07, 6.45) is 10.1. The molecule has 0 aliphatic heterocycles. The molecule has 0 saturated heterocycles. The van der Waals surface area contributed by atoms with E-state index in [2.05, 4.69) is 5.32 Å². The van der Waals surface area contributed by atoms with E-state index < -0.39 is 0 Å². The first-order chi connectivity index (χ1) is 9.20. The minimum absolute atomic E-state index is 0.0525. The van der Waals surface area contributed by atoms with Gasteiger partial charge in [0.2, 0.25) is 5.91 Å². The van der Waals surface area contributed by atoms with Gasteiger partial charge in [0.1, 0.15) is 6.54 Å². The minimum atomic E-state index is -0.0966. The number of carbonyl (C=O) groups is 1. The zero-order valence-corrected chi connectivity index (χ0v) is 11.6. The predicted molar refractivity (Wildman–Crippen MR) is 74.0 cm³/mol. The number of rotatable bonds is 5. The van der Waals surface area contributed by atoms with E-state index in [1.807, 2.05) is 6.92 Å². The number of aryl methyl sites for hydroxylation is 1. The molecule has 1 heterocycles. The van der Waals surface area contributed by atoms with Crippen molar-refractivity contribution in [1.29, 1.82) is 0 Å². The van der Waals surface area contributed by atoms with Crippen LogP contribution in [0.2, 0.25) is 0 Å². The van der Waals surface area contributed by atoms with Crippen molar-refractivity contribution < 1.29 is 4.79 Å². The molecule has 1 N–H and O–H groups in total. The molecular formula is C14H23N3O2. The predicted octanol–water partition coefficient (Wildman–Crippen LogP) is 1.51. The number of hydrogen-bond acceptors (Lipinski definition) is 2. The van der Waals surface area contributed by atoms with Gasteiger partial charge in [-0.1, -0.05) is 26.2 Å². The van der Waals surface area contributed by atoms with Gasteiger partial charge in [-0.2, -0.15) is 0 Å². The Morgan fingerprint density at radius 1 is 1.26 bits per heavy atom. The topological polar surface area (TPSA) is 56.0 Å². The standard InChI is InChI=1S/C14H23N3O2/c1-2-8-16-9-10-17(14(16)19)11-13(18)15-12-6-4-3-5-7-12/h9-10,12H,2-8,11H2,1H3,(H,15,18). The quantitative estimate of drug-likeness (QED) is 0.877. The summed E-state index contributed by atoms with van der Waals surface area (Å²) in [7, 11) is 0. The summed E-state index contributed by atoms with van der Waals surface area (Å²) in [4.78, 5) is 23.9. The summed E-state index contributed by atoms with van der Waals surface area (Å²) in [5, 5.41) is 3.03. The molecule has 106 valence electrons. The van der Waals surface area contributed by atoms with Crippen molar-refractivity contribution in [3.8, 4) is 0 Å². The lowest BCUT2D eigenvalue weighted by atomic mass is 9.95. The van der Waals surface area contributed by atoms with Crippen LogP contribution in [0, 0.1) is 0 Å². The highest BCUT2D eigenvalue weighted by atomic mass is 16.2. The number of imidazole rings is 1. The van der Waals surface area contributed by atoms with E-state index in [1.54, 1.807) is 17.0 Å². The number of hydrogen-bond donors (Lipinski definition) is 1. The van der Waals surface area contributed by atoms with Crippen LogP contribution in [0.4, 0.5) is 0 Å². The Labute approximate surface area is 113 Å². The van der Waals surface area contributed by atoms with E-state index >= 15 is 0 Å². The molecule has 0 radical (unpaired) electrons. The molecular weight excluding hydrogens is 242 g/mol. The van der Waals surface area contributed by atoms with Crippen molar-refractivity contribution in [2.75, 3.05) is 0 Å². The van der Waals surface area contributed by atoms with E-state index in [4.69, 9.17) is 0 Å². The largest absolute Gasteiger partial charge is 0.352 e. The highest BCUT2D eigenvalue weighted by Crippen LogP contribution is 2.17. The van der Waals surface area contributed by atoms with Crippen molar-refractivity contribution in [1.82, 2.24) is 14.5 Å². The maximum absolute atomic E-state index is 11.9. The second-order valence-electron chi connectivity index (χ2n) is 5.30. The van der Waals surface area contributed by atoms with Gasteiger partial charge in [0, 0.05) is 25.0 Å². The third-order valence-corrected chi connectivity index (χ3v) is 3.67. The van der Waals surface area contributed by atoms with Crippen LogP contribution in [0.3, 0.4) is 0 Å². The Morgan fingerprint density at radius 2 is 1.95 bits per heavy atom. The molecule has 5 nitrogen and oxygen atoms in total. The van der Waals surface area contributed by atoms with Crippen LogP contribution in [-0.2, 0) is 17.9 Å². The Bertz CT molecular complexity index is 469. The van der Waals surface area contributed by atoms with E-state index in [-0.39, 0.29) is 18.1 Å². The first kappa shape index (κ1) is 13.9. The number of carbonyl (C=O) groups excluding carboxylic acids is 1. The van der Waals surface area contributed by atoms with Gasteiger partial charge in [-0.3, -0.25) is 13.9 Å². The smallest absolute Gasteiger partial charge is 0.328 e. The van der Waals surface area contributed by atoms with Crippen LogP contribution in [0.15, 0.2) is 17.2 Å². The molecule has 0 atom stereocenters. The van der Waals surface area contributed by atoms with Gasteiger partial charge in [0.25, 0.3) is 0 Å². The van der Waals surface area contributed by atoms with Crippen LogP contribution in [0.25, 0.3) is 0 Å². The maximum atomic E-state index is 11.9. The second-order valence-corrected chi connectivity index (χ2v) is 5.30. The molecule has 2 rings (SSSR count). The third-order valence-electron chi connectivity index (χ3n) is 3.67. The lowest BCUT2D eigenvalue weighted by Gasteiger charge is -2.22. The van der Waals surface area contributed by atoms with Gasteiger partial charge in [-0.25, -0.2) is 4.79 Å². The highest BCUT2D eigenvalue weighted by Gasteiger charge is 2.16. The molecule has 0 unspecified atom stereocenters. The van der Waals surface area contributed by atoms with Crippen LogP contribution in [-0.4, -0.2) is 21.1 Å². The van der Waals surface area contributed by atoms with Gasteiger partial charge in [0.15, 0.2) is 0 Å². The Kier molecular flexibility index (Phi) is 4.82. The fourth-order valence-corrected chi connectivity index (χ4v) is 2.66. The molecule has 1 fully saturated rings.